The molecule has 1 amide bonds. The van der Waals surface area contributed by atoms with Crippen molar-refractivity contribution in [3.05, 3.63) is 68.6 Å². The lowest BCUT2D eigenvalue weighted by Crippen LogP contribution is -2.27. The van der Waals surface area contributed by atoms with Crippen molar-refractivity contribution in [2.75, 3.05) is 11.5 Å². The number of thioether (sulfide) groups is 1. The zero-order valence-electron chi connectivity index (χ0n) is 15.0. The first-order valence-electron chi connectivity index (χ1n) is 8.34. The number of thiocarbonyl (C=S) groups is 1. The number of esters is 1. The summed E-state index contributed by atoms with van der Waals surface area (Å²) in [6.07, 6.45) is 1.36. The minimum Gasteiger partial charge on any atom is -0.507 e. The molecule has 0 spiro atoms. The molecule has 3 rings (SSSR count). The average molecular weight is 430 g/mol. The molecule has 2 aromatic carbocycles. The summed E-state index contributed by atoms with van der Waals surface area (Å²) in [4.78, 5) is 36.4. The Morgan fingerprint density at radius 2 is 2.00 bits per heavy atom. The molecule has 0 unspecified atom stereocenters. The number of non-ortho nitro benzene ring substituents is 1. The molecule has 1 heterocycles. The van der Waals surface area contributed by atoms with E-state index in [1.54, 1.807) is 19.1 Å². The molecular formula is C19H14N2O6S2. The number of benzene rings is 2. The van der Waals surface area contributed by atoms with Crippen LogP contribution in [0.4, 0.5) is 11.4 Å². The van der Waals surface area contributed by atoms with Crippen LogP contribution in [-0.2, 0) is 9.53 Å². The van der Waals surface area contributed by atoms with Gasteiger partial charge in [0.1, 0.15) is 5.75 Å². The molecule has 1 N–H and O–H groups in total. The van der Waals surface area contributed by atoms with Crippen molar-refractivity contribution in [2.24, 2.45) is 0 Å². The van der Waals surface area contributed by atoms with E-state index < -0.39 is 16.8 Å². The summed E-state index contributed by atoms with van der Waals surface area (Å²) in [5, 5.41) is 20.9. The molecule has 0 atom stereocenters. The van der Waals surface area contributed by atoms with Crippen molar-refractivity contribution in [1.82, 2.24) is 0 Å². The summed E-state index contributed by atoms with van der Waals surface area (Å²) >= 11 is 6.29. The second-order valence-corrected chi connectivity index (χ2v) is 7.46. The van der Waals surface area contributed by atoms with E-state index in [9.17, 15) is 24.8 Å². The predicted molar refractivity (Wildman–Crippen MR) is 113 cm³/mol. The summed E-state index contributed by atoms with van der Waals surface area (Å²) in [5.74, 6) is -1.10. The highest BCUT2D eigenvalue weighted by Crippen LogP contribution is 2.37. The number of carbonyl (C=O) groups excluding carboxylic acids is 2. The molecule has 1 saturated heterocycles. The molecule has 29 heavy (non-hydrogen) atoms. The average Bonchev–Trinajstić information content (AvgIpc) is 2.97. The Bertz CT molecular complexity index is 1050. The van der Waals surface area contributed by atoms with Crippen LogP contribution in [0, 0.1) is 10.1 Å². The number of nitro groups is 1. The van der Waals surface area contributed by atoms with Crippen molar-refractivity contribution < 1.29 is 24.4 Å². The number of rotatable bonds is 5. The van der Waals surface area contributed by atoms with Gasteiger partial charge in [0.15, 0.2) is 4.32 Å². The first-order valence-corrected chi connectivity index (χ1v) is 9.57. The molecule has 0 saturated carbocycles. The van der Waals surface area contributed by atoms with Crippen LogP contribution in [-0.4, -0.2) is 32.8 Å². The van der Waals surface area contributed by atoms with Crippen LogP contribution in [0.25, 0.3) is 6.08 Å². The molecule has 10 heteroatoms. The SMILES string of the molecule is CCOC(=O)c1ccc(N2C(=O)/C(=C/c3cc([N+](=O)[O-])ccc3O)SC2=S)cc1. The molecule has 0 aliphatic carbocycles. The smallest absolute Gasteiger partial charge is 0.338 e. The van der Waals surface area contributed by atoms with Crippen LogP contribution in [0.3, 0.4) is 0 Å². The molecule has 148 valence electrons. The summed E-state index contributed by atoms with van der Waals surface area (Å²) in [6.45, 7) is 1.96. The van der Waals surface area contributed by atoms with E-state index in [1.165, 1.54) is 41.3 Å². The topological polar surface area (TPSA) is 110 Å². The number of anilines is 1. The van der Waals surface area contributed by atoms with Gasteiger partial charge in [0, 0.05) is 17.7 Å². The van der Waals surface area contributed by atoms with Gasteiger partial charge in [-0.3, -0.25) is 19.8 Å². The third kappa shape index (κ3) is 4.28. The maximum Gasteiger partial charge on any atom is 0.338 e. The third-order valence-corrected chi connectivity index (χ3v) is 5.24. The lowest BCUT2D eigenvalue weighted by molar-refractivity contribution is -0.384. The zero-order valence-corrected chi connectivity index (χ0v) is 16.7. The van der Waals surface area contributed by atoms with Crippen molar-refractivity contribution in [3.8, 4) is 5.75 Å². The van der Waals surface area contributed by atoms with Gasteiger partial charge < -0.3 is 9.84 Å². The van der Waals surface area contributed by atoms with E-state index in [-0.39, 0.29) is 32.8 Å². The van der Waals surface area contributed by atoms with Crippen molar-refractivity contribution in [3.63, 3.8) is 0 Å². The molecule has 1 aliphatic rings. The van der Waals surface area contributed by atoms with Gasteiger partial charge in [-0.2, -0.15) is 0 Å². The van der Waals surface area contributed by atoms with E-state index in [0.717, 1.165) is 11.8 Å². The first kappa shape index (κ1) is 20.5. The van der Waals surface area contributed by atoms with E-state index in [4.69, 9.17) is 17.0 Å². The number of phenols is 1. The number of amides is 1. The Balaban J connectivity index is 1.89. The maximum absolute atomic E-state index is 12.8. The largest absolute Gasteiger partial charge is 0.507 e. The molecule has 1 fully saturated rings. The van der Waals surface area contributed by atoms with Gasteiger partial charge in [-0.15, -0.1) is 0 Å². The number of nitro benzene ring substituents is 1. The summed E-state index contributed by atoms with van der Waals surface area (Å²) in [7, 11) is 0. The van der Waals surface area contributed by atoms with E-state index in [0.29, 0.717) is 11.3 Å². The highest BCUT2D eigenvalue weighted by molar-refractivity contribution is 8.27. The molecular weight excluding hydrogens is 416 g/mol. The van der Waals surface area contributed by atoms with Crippen LogP contribution < -0.4 is 4.90 Å². The standard InChI is InChI=1S/C19H14N2O6S2/c1-2-27-18(24)11-3-5-13(6-4-11)20-17(23)16(29-19(20)28)10-12-9-14(21(25)26)7-8-15(12)22/h3-10,22H,2H2,1H3/b16-10-. The van der Waals surface area contributed by atoms with Gasteiger partial charge >= 0.3 is 5.97 Å². The number of phenolic OH excluding ortho intramolecular Hbond substituents is 1. The van der Waals surface area contributed by atoms with Crippen molar-refractivity contribution in [1.29, 1.82) is 0 Å². The molecule has 2 aromatic rings. The van der Waals surface area contributed by atoms with E-state index in [1.807, 2.05) is 0 Å². The van der Waals surface area contributed by atoms with Crippen molar-refractivity contribution >= 4 is 57.6 Å². The van der Waals surface area contributed by atoms with Crippen LogP contribution in [0.2, 0.25) is 0 Å². The molecule has 0 radical (unpaired) electrons. The quantitative estimate of drug-likeness (QED) is 0.250. The predicted octanol–water partition coefficient (Wildman–Crippen LogP) is 3.88. The van der Waals surface area contributed by atoms with Crippen LogP contribution in [0.5, 0.6) is 5.75 Å². The Hall–Kier alpha value is -3.24. The van der Waals surface area contributed by atoms with Crippen LogP contribution in [0.1, 0.15) is 22.8 Å². The number of aromatic hydroxyl groups is 1. The van der Waals surface area contributed by atoms with Gasteiger partial charge in [-0.1, -0.05) is 24.0 Å². The second kappa shape index (κ2) is 8.41. The summed E-state index contributed by atoms with van der Waals surface area (Å²) < 4.78 is 5.19. The van der Waals surface area contributed by atoms with E-state index in [2.05, 4.69) is 0 Å². The number of hydrogen-bond donors (Lipinski definition) is 1. The fourth-order valence-electron chi connectivity index (χ4n) is 2.56. The Morgan fingerprint density at radius 3 is 2.62 bits per heavy atom. The minimum absolute atomic E-state index is 0.136. The fraction of sp³-hybridized carbons (Fsp3) is 0.105. The molecule has 0 aromatic heterocycles. The first-order chi connectivity index (χ1) is 13.8. The zero-order chi connectivity index (χ0) is 21.1. The Labute approximate surface area is 174 Å². The van der Waals surface area contributed by atoms with Gasteiger partial charge in [0.2, 0.25) is 0 Å². The number of ether oxygens (including phenoxy) is 1. The van der Waals surface area contributed by atoms with Gasteiger partial charge in [-0.05, 0) is 43.3 Å². The van der Waals surface area contributed by atoms with Crippen LogP contribution in [0.15, 0.2) is 47.4 Å². The fourth-order valence-corrected chi connectivity index (χ4v) is 3.85. The number of nitrogens with zero attached hydrogens (tertiary/aromatic N) is 2. The lowest BCUT2D eigenvalue weighted by atomic mass is 10.1. The van der Waals surface area contributed by atoms with Gasteiger partial charge in [-0.25, -0.2) is 4.79 Å². The number of carbonyl (C=O) groups is 2. The summed E-state index contributed by atoms with van der Waals surface area (Å²) in [6, 6.07) is 9.75. The minimum atomic E-state index is -0.590. The summed E-state index contributed by atoms with van der Waals surface area (Å²) in [5.41, 5.74) is 0.738. The van der Waals surface area contributed by atoms with Gasteiger partial charge in [0.05, 0.1) is 27.7 Å². The lowest BCUT2D eigenvalue weighted by Gasteiger charge is -2.14. The Morgan fingerprint density at radius 1 is 1.31 bits per heavy atom. The van der Waals surface area contributed by atoms with E-state index >= 15 is 0 Å². The normalized spacial score (nSPS) is 15.1. The second-order valence-electron chi connectivity index (χ2n) is 5.78. The van der Waals surface area contributed by atoms with Crippen molar-refractivity contribution in [2.45, 2.75) is 6.92 Å². The highest BCUT2D eigenvalue weighted by atomic mass is 32.2. The van der Waals surface area contributed by atoms with Gasteiger partial charge in [0.25, 0.3) is 11.6 Å². The molecule has 1 aliphatic heterocycles. The Kier molecular flexibility index (Phi) is 5.95. The third-order valence-electron chi connectivity index (χ3n) is 3.94. The number of hydrogen-bond acceptors (Lipinski definition) is 8. The van der Waals surface area contributed by atoms with Crippen LogP contribution >= 0.6 is 24.0 Å². The maximum atomic E-state index is 12.8. The monoisotopic (exact) mass is 430 g/mol. The molecule has 8 nitrogen and oxygen atoms in total. The molecule has 0 bridgehead atoms. The highest BCUT2D eigenvalue weighted by Gasteiger charge is 2.33.